The number of nitrogens with one attached hydrogen (secondary N) is 1. The minimum absolute atomic E-state index is 0.186. The molecule has 0 spiro atoms. The van der Waals surface area contributed by atoms with E-state index >= 15 is 0 Å². The van der Waals surface area contributed by atoms with Gasteiger partial charge >= 0.3 is 0 Å². The van der Waals surface area contributed by atoms with E-state index in [1.165, 1.54) is 0 Å². The molecule has 0 saturated carbocycles. The fourth-order valence-corrected chi connectivity index (χ4v) is 2.53. The number of hydrogen-bond donors (Lipinski definition) is 2. The summed E-state index contributed by atoms with van der Waals surface area (Å²) in [6, 6.07) is 0. The molecule has 0 saturated heterocycles. The van der Waals surface area contributed by atoms with Crippen molar-refractivity contribution in [2.24, 2.45) is 5.41 Å². The molecule has 2 N–H and O–H groups in total. The summed E-state index contributed by atoms with van der Waals surface area (Å²) in [6.45, 7) is 6.36. The van der Waals surface area contributed by atoms with Gasteiger partial charge in [-0.05, 0) is 34.2 Å². The Labute approximate surface area is 127 Å². The number of aliphatic hydroxyl groups is 1. The monoisotopic (exact) mass is 340 g/mol. The Balaban J connectivity index is 1.94. The highest BCUT2D eigenvalue weighted by atomic mass is 79.9. The summed E-state index contributed by atoms with van der Waals surface area (Å²) in [5, 5.41) is 12.4. The minimum Gasteiger partial charge on any atom is -0.396 e. The molecule has 2 aromatic rings. The Bertz CT molecular complexity index is 567. The van der Waals surface area contributed by atoms with Gasteiger partial charge in [-0.3, -0.25) is 4.40 Å². The molecule has 110 valence electrons. The second-order valence-electron chi connectivity index (χ2n) is 5.78. The molecule has 0 atom stereocenters. The number of imidazole rings is 1. The second-order valence-corrected chi connectivity index (χ2v) is 6.60. The molecule has 0 amide bonds. The van der Waals surface area contributed by atoms with Gasteiger partial charge in [-0.2, -0.15) is 0 Å². The summed E-state index contributed by atoms with van der Waals surface area (Å²) in [7, 11) is 0. The van der Waals surface area contributed by atoms with Crippen molar-refractivity contribution in [3.8, 4) is 0 Å². The van der Waals surface area contributed by atoms with Crippen LogP contribution in [0.25, 0.3) is 5.65 Å². The van der Waals surface area contributed by atoms with Gasteiger partial charge in [0, 0.05) is 25.9 Å². The summed E-state index contributed by atoms with van der Waals surface area (Å²) in [5.74, 6) is 0. The Morgan fingerprint density at radius 1 is 1.35 bits per heavy atom. The Morgan fingerprint density at radius 2 is 2.15 bits per heavy atom. The fraction of sp³-hybridized carbons (Fsp3) is 0.571. The third-order valence-electron chi connectivity index (χ3n) is 3.36. The minimum atomic E-state index is 0.186. The molecule has 20 heavy (non-hydrogen) atoms. The van der Waals surface area contributed by atoms with Crippen LogP contribution < -0.4 is 5.32 Å². The van der Waals surface area contributed by atoms with Crippen molar-refractivity contribution in [3.63, 3.8) is 0 Å². The molecule has 2 aromatic heterocycles. The summed E-state index contributed by atoms with van der Waals surface area (Å²) < 4.78 is 2.83. The quantitative estimate of drug-likeness (QED) is 0.812. The van der Waals surface area contributed by atoms with Crippen LogP contribution in [0.5, 0.6) is 0 Å². The van der Waals surface area contributed by atoms with Gasteiger partial charge in [0.25, 0.3) is 0 Å². The van der Waals surface area contributed by atoms with Gasteiger partial charge in [-0.25, -0.2) is 9.97 Å². The first-order valence-electron chi connectivity index (χ1n) is 6.81. The molecule has 0 radical (unpaired) electrons. The van der Waals surface area contributed by atoms with Crippen molar-refractivity contribution in [1.82, 2.24) is 19.7 Å². The number of hydrogen-bond acceptors (Lipinski definition) is 4. The zero-order valence-electron chi connectivity index (χ0n) is 11.9. The first-order valence-corrected chi connectivity index (χ1v) is 7.60. The van der Waals surface area contributed by atoms with Crippen LogP contribution in [0.3, 0.4) is 0 Å². The van der Waals surface area contributed by atoms with Crippen molar-refractivity contribution < 1.29 is 5.11 Å². The third kappa shape index (κ3) is 4.01. The van der Waals surface area contributed by atoms with Crippen LogP contribution in [0.1, 0.15) is 32.4 Å². The van der Waals surface area contributed by atoms with E-state index < -0.39 is 0 Å². The zero-order chi connectivity index (χ0) is 14.6. The SMILES string of the molecule is CC(C)(CCCO)CNCc1cnc2cnc(Br)cn12. The van der Waals surface area contributed by atoms with Crippen LogP contribution in [-0.4, -0.2) is 32.6 Å². The maximum absolute atomic E-state index is 8.91. The number of aromatic nitrogens is 3. The number of aliphatic hydroxyl groups excluding tert-OH is 1. The molecular weight excluding hydrogens is 320 g/mol. The number of fused-ring (bicyclic) bond motifs is 1. The van der Waals surface area contributed by atoms with Crippen LogP contribution >= 0.6 is 15.9 Å². The lowest BCUT2D eigenvalue weighted by Crippen LogP contribution is -2.29. The lowest BCUT2D eigenvalue weighted by Gasteiger charge is -2.24. The largest absolute Gasteiger partial charge is 0.396 e. The van der Waals surface area contributed by atoms with E-state index in [1.807, 2.05) is 16.8 Å². The highest BCUT2D eigenvalue weighted by Crippen LogP contribution is 2.21. The fourth-order valence-electron chi connectivity index (χ4n) is 2.22. The van der Waals surface area contributed by atoms with Crippen LogP contribution in [0.15, 0.2) is 23.2 Å². The molecule has 0 aromatic carbocycles. The third-order valence-corrected chi connectivity index (χ3v) is 3.77. The van der Waals surface area contributed by atoms with E-state index in [1.54, 1.807) is 6.20 Å². The van der Waals surface area contributed by atoms with Crippen molar-refractivity contribution in [2.75, 3.05) is 13.2 Å². The topological polar surface area (TPSA) is 62.5 Å². The Morgan fingerprint density at radius 3 is 2.90 bits per heavy atom. The molecule has 5 nitrogen and oxygen atoms in total. The van der Waals surface area contributed by atoms with Crippen molar-refractivity contribution in [1.29, 1.82) is 0 Å². The van der Waals surface area contributed by atoms with E-state index in [0.717, 1.165) is 41.9 Å². The number of nitrogens with zero attached hydrogens (tertiary/aromatic N) is 3. The predicted octanol–water partition coefficient (Wildman–Crippen LogP) is 2.38. The highest BCUT2D eigenvalue weighted by molar-refractivity contribution is 9.10. The summed E-state index contributed by atoms with van der Waals surface area (Å²) >= 11 is 3.38. The highest BCUT2D eigenvalue weighted by Gasteiger charge is 2.16. The van der Waals surface area contributed by atoms with E-state index in [4.69, 9.17) is 5.11 Å². The van der Waals surface area contributed by atoms with Crippen molar-refractivity contribution >= 4 is 21.6 Å². The van der Waals surface area contributed by atoms with Gasteiger partial charge in [0.1, 0.15) is 4.60 Å². The first kappa shape index (κ1) is 15.4. The van der Waals surface area contributed by atoms with Gasteiger partial charge in [0.2, 0.25) is 0 Å². The lowest BCUT2D eigenvalue weighted by atomic mass is 9.88. The average Bonchev–Trinajstić information content (AvgIpc) is 2.79. The first-order chi connectivity index (χ1) is 9.52. The molecule has 0 unspecified atom stereocenters. The maximum atomic E-state index is 8.91. The molecule has 0 bridgehead atoms. The maximum Gasteiger partial charge on any atom is 0.155 e. The van der Waals surface area contributed by atoms with E-state index in [9.17, 15) is 0 Å². The normalized spacial score (nSPS) is 12.2. The van der Waals surface area contributed by atoms with Crippen LogP contribution in [0, 0.1) is 5.41 Å². The van der Waals surface area contributed by atoms with E-state index in [-0.39, 0.29) is 12.0 Å². The molecule has 0 aliphatic rings. The molecule has 2 heterocycles. The van der Waals surface area contributed by atoms with E-state index in [0.29, 0.717) is 0 Å². The van der Waals surface area contributed by atoms with Gasteiger partial charge < -0.3 is 10.4 Å². The van der Waals surface area contributed by atoms with Crippen molar-refractivity contribution in [2.45, 2.75) is 33.2 Å². The lowest BCUT2D eigenvalue weighted by molar-refractivity contribution is 0.236. The number of rotatable bonds is 7. The standard InChI is InChI=1S/C14H21BrN4O/c1-14(2,4-3-5-20)10-16-6-11-7-18-13-8-17-12(15)9-19(11)13/h7-9,16,20H,3-6,10H2,1-2H3. The molecule has 2 rings (SSSR count). The van der Waals surface area contributed by atoms with Crippen LogP contribution in [0.2, 0.25) is 0 Å². The predicted molar refractivity (Wildman–Crippen MR) is 82.5 cm³/mol. The van der Waals surface area contributed by atoms with E-state index in [2.05, 4.69) is 45.1 Å². The smallest absolute Gasteiger partial charge is 0.155 e. The van der Waals surface area contributed by atoms with Crippen LogP contribution in [0.4, 0.5) is 0 Å². The van der Waals surface area contributed by atoms with Crippen molar-refractivity contribution in [3.05, 3.63) is 28.9 Å². The van der Waals surface area contributed by atoms with Crippen LogP contribution in [-0.2, 0) is 6.54 Å². The molecule has 0 aliphatic carbocycles. The molecular formula is C14H21BrN4O. The van der Waals surface area contributed by atoms with Gasteiger partial charge in [-0.1, -0.05) is 13.8 Å². The van der Waals surface area contributed by atoms with Gasteiger partial charge in [0.05, 0.1) is 18.1 Å². The average molecular weight is 341 g/mol. The second kappa shape index (κ2) is 6.65. The molecule has 0 fully saturated rings. The Kier molecular flexibility index (Phi) is 5.12. The summed E-state index contributed by atoms with van der Waals surface area (Å²) in [6.07, 6.45) is 7.41. The Hall–Kier alpha value is -0.980. The number of halogens is 1. The zero-order valence-corrected chi connectivity index (χ0v) is 13.5. The van der Waals surface area contributed by atoms with Gasteiger partial charge in [0.15, 0.2) is 5.65 Å². The molecule has 0 aliphatic heterocycles. The van der Waals surface area contributed by atoms with Gasteiger partial charge in [-0.15, -0.1) is 0 Å². The summed E-state index contributed by atoms with van der Waals surface area (Å²) in [5.41, 5.74) is 2.15. The molecule has 6 heteroatoms. The summed E-state index contributed by atoms with van der Waals surface area (Å²) in [4.78, 5) is 8.49.